The van der Waals surface area contributed by atoms with Crippen LogP contribution in [0.15, 0.2) is 86.5 Å². The van der Waals surface area contributed by atoms with E-state index in [1.54, 1.807) is 60.3 Å². The van der Waals surface area contributed by atoms with Crippen molar-refractivity contribution in [2.24, 2.45) is 0 Å². The Hall–Kier alpha value is -5.03. The highest BCUT2D eigenvalue weighted by molar-refractivity contribution is 6.22. The lowest BCUT2D eigenvalue weighted by Gasteiger charge is -2.25. The van der Waals surface area contributed by atoms with Crippen molar-refractivity contribution in [3.05, 3.63) is 88.9 Å². The summed E-state index contributed by atoms with van der Waals surface area (Å²) >= 11 is 0. The van der Waals surface area contributed by atoms with Crippen LogP contribution in [0.5, 0.6) is 5.75 Å². The molecule has 2 amide bonds. The highest BCUT2D eigenvalue weighted by atomic mass is 16.5. The van der Waals surface area contributed by atoms with Crippen LogP contribution in [0.2, 0.25) is 0 Å². The van der Waals surface area contributed by atoms with Gasteiger partial charge in [0, 0.05) is 23.7 Å². The zero-order valence-electron chi connectivity index (χ0n) is 22.1. The van der Waals surface area contributed by atoms with Crippen molar-refractivity contribution >= 4 is 28.6 Å². The molecule has 1 N–H and O–H groups in total. The Morgan fingerprint density at radius 1 is 1.02 bits per heavy atom. The molecule has 0 bridgehead atoms. The summed E-state index contributed by atoms with van der Waals surface area (Å²) in [5, 5.41) is 2.65. The quantitative estimate of drug-likeness (QED) is 0.230. The van der Waals surface area contributed by atoms with Crippen LogP contribution in [-0.4, -0.2) is 46.2 Å². The normalized spacial score (nSPS) is 17.2. The number of H-pyrrole nitrogens is 1. The number of nitrogens with one attached hydrogen (secondary N) is 1. The maximum atomic E-state index is 13.7. The number of benzene rings is 3. The summed E-state index contributed by atoms with van der Waals surface area (Å²) in [6, 6.07) is 21.1. The van der Waals surface area contributed by atoms with Crippen molar-refractivity contribution < 1.29 is 27.9 Å². The second kappa shape index (κ2) is 9.86. The van der Waals surface area contributed by atoms with Crippen LogP contribution in [0.4, 0.5) is 5.69 Å². The average Bonchev–Trinajstić information content (AvgIpc) is 3.54. The molecular formula is C30H26N5O6+. The zero-order chi connectivity index (χ0) is 28.1. The van der Waals surface area contributed by atoms with E-state index in [9.17, 15) is 14.4 Å². The highest BCUT2D eigenvalue weighted by Gasteiger charge is 2.48. The van der Waals surface area contributed by atoms with Gasteiger partial charge in [0.25, 0.3) is 5.91 Å². The number of hydrogen-bond acceptors (Lipinski definition) is 8. The van der Waals surface area contributed by atoms with Crippen LogP contribution in [-0.2, 0) is 16.1 Å². The lowest BCUT2D eigenvalue weighted by Crippen LogP contribution is -2.47. The van der Waals surface area contributed by atoms with Gasteiger partial charge >= 0.3 is 11.3 Å². The molecule has 0 radical (unpaired) electrons. The van der Waals surface area contributed by atoms with Crippen LogP contribution in [0.1, 0.15) is 25.0 Å². The Labute approximate surface area is 233 Å². The van der Waals surface area contributed by atoms with Crippen LogP contribution < -0.4 is 19.9 Å². The predicted octanol–water partition coefficient (Wildman–Crippen LogP) is 3.36. The van der Waals surface area contributed by atoms with Crippen LogP contribution >= 0.6 is 0 Å². The smallest absolute Gasteiger partial charge is 0.431 e. The second-order valence-corrected chi connectivity index (χ2v) is 10.2. The van der Waals surface area contributed by atoms with E-state index in [-0.39, 0.29) is 30.8 Å². The number of imide groups is 1. The fourth-order valence-electron chi connectivity index (χ4n) is 5.34. The summed E-state index contributed by atoms with van der Waals surface area (Å²) in [5.74, 6) is 0.542. The molecule has 2 aromatic heterocycles. The third-order valence-corrected chi connectivity index (χ3v) is 7.60. The van der Waals surface area contributed by atoms with Crippen LogP contribution in [0.25, 0.3) is 28.2 Å². The Balaban J connectivity index is 1.14. The third kappa shape index (κ3) is 4.49. The van der Waals surface area contributed by atoms with Gasteiger partial charge in [-0.05, 0) is 71.3 Å². The van der Waals surface area contributed by atoms with E-state index >= 15 is 0 Å². The molecule has 206 valence electrons. The van der Waals surface area contributed by atoms with Gasteiger partial charge in [-0.1, -0.05) is 12.1 Å². The fraction of sp³-hybridized carbons (Fsp3) is 0.233. The standard InChI is InChI=1S/C30H25N5O6/c1-39-22-14-12-21(13-15-22)35-25(30(38)41-32-35)17-33(19-10-11-19)24-16-27(36)34(29(24)37)20-8-6-18(7-9-20)28-31-23-4-2-3-5-26(23)40-28/h2-9,12-15,19,24H,10-11,16-17H2,1H3/p+1. The van der Waals surface area contributed by atoms with Gasteiger partial charge in [-0.25, -0.2) is 14.7 Å². The summed E-state index contributed by atoms with van der Waals surface area (Å²) in [4.78, 5) is 47.3. The molecule has 2 fully saturated rings. The average molecular weight is 553 g/mol. The maximum Gasteiger partial charge on any atom is 0.431 e. The van der Waals surface area contributed by atoms with Crippen LogP contribution in [0.3, 0.4) is 0 Å². The summed E-state index contributed by atoms with van der Waals surface area (Å²) in [6.45, 7) is 0.150. The van der Waals surface area contributed by atoms with E-state index in [0.717, 1.165) is 23.9 Å². The van der Waals surface area contributed by atoms with Gasteiger partial charge < -0.3 is 9.15 Å². The molecule has 1 saturated carbocycles. The Bertz CT molecular complexity index is 1780. The van der Waals surface area contributed by atoms with Crippen molar-refractivity contribution in [3.63, 3.8) is 0 Å². The molecule has 2 aliphatic rings. The van der Waals surface area contributed by atoms with Crippen molar-refractivity contribution in [1.29, 1.82) is 0 Å². The molecule has 7 rings (SSSR count). The predicted molar refractivity (Wildman–Crippen MR) is 146 cm³/mol. The number of anilines is 1. The number of hydrogen-bond donors (Lipinski definition) is 1. The molecule has 11 heteroatoms. The number of aromatic nitrogens is 3. The van der Waals surface area contributed by atoms with E-state index in [2.05, 4.69) is 10.3 Å². The Morgan fingerprint density at radius 3 is 2.49 bits per heavy atom. The summed E-state index contributed by atoms with van der Waals surface area (Å²) < 4.78 is 17.8. The SMILES string of the molecule is COc1ccc(-[n+]2[nH]oc(=O)c2CN(C2CC2)C2CC(=O)N(c3ccc(-c4nc5ccccc5o4)cc3)C2=O)cc1. The van der Waals surface area contributed by atoms with Crippen molar-refractivity contribution in [3.8, 4) is 22.9 Å². The molecular weight excluding hydrogens is 526 g/mol. The number of ether oxygens (including phenoxy) is 1. The molecule has 1 unspecified atom stereocenters. The number of carbonyl (C=O) groups excluding carboxylic acids is 2. The third-order valence-electron chi connectivity index (χ3n) is 7.60. The first-order valence-corrected chi connectivity index (χ1v) is 13.4. The fourth-order valence-corrected chi connectivity index (χ4v) is 5.34. The summed E-state index contributed by atoms with van der Waals surface area (Å²) in [5.41, 5.74) is 3.14. The van der Waals surface area contributed by atoms with E-state index in [1.165, 1.54) is 4.90 Å². The molecule has 3 heterocycles. The van der Waals surface area contributed by atoms with Gasteiger partial charge in [0.05, 0.1) is 31.8 Å². The molecule has 0 spiro atoms. The monoisotopic (exact) mass is 552 g/mol. The molecule has 1 saturated heterocycles. The molecule has 5 aromatic rings. The van der Waals surface area contributed by atoms with Gasteiger partial charge in [0.15, 0.2) is 5.58 Å². The Morgan fingerprint density at radius 2 is 1.78 bits per heavy atom. The minimum Gasteiger partial charge on any atom is -0.497 e. The number of para-hydroxylation sites is 2. The molecule has 1 aliphatic carbocycles. The number of oxazole rings is 1. The number of rotatable bonds is 8. The molecule has 11 nitrogen and oxygen atoms in total. The number of fused-ring (bicyclic) bond motifs is 1. The van der Waals surface area contributed by atoms with E-state index in [0.29, 0.717) is 34.3 Å². The van der Waals surface area contributed by atoms with E-state index in [4.69, 9.17) is 13.7 Å². The first-order chi connectivity index (χ1) is 20.0. The lowest BCUT2D eigenvalue weighted by molar-refractivity contribution is -0.678. The number of amides is 2. The number of carbonyl (C=O) groups is 2. The number of methoxy groups -OCH3 is 1. The van der Waals surface area contributed by atoms with Crippen LogP contribution in [0, 0.1) is 0 Å². The van der Waals surface area contributed by atoms with Crippen molar-refractivity contribution in [2.45, 2.75) is 37.9 Å². The van der Waals surface area contributed by atoms with Gasteiger partial charge in [-0.3, -0.25) is 19.0 Å². The largest absolute Gasteiger partial charge is 0.497 e. The first kappa shape index (κ1) is 25.0. The minimum atomic E-state index is -0.690. The lowest BCUT2D eigenvalue weighted by atomic mass is 10.2. The maximum absolute atomic E-state index is 13.7. The molecule has 41 heavy (non-hydrogen) atoms. The molecule has 1 aliphatic heterocycles. The molecule has 1 atom stereocenters. The number of aromatic amines is 1. The second-order valence-electron chi connectivity index (χ2n) is 10.2. The Kier molecular flexibility index (Phi) is 6.01. The first-order valence-electron chi connectivity index (χ1n) is 13.4. The summed E-state index contributed by atoms with van der Waals surface area (Å²) in [6.07, 6.45) is 1.80. The van der Waals surface area contributed by atoms with Gasteiger partial charge in [0.2, 0.25) is 17.5 Å². The van der Waals surface area contributed by atoms with Gasteiger partial charge in [-0.15, -0.1) is 0 Å². The van der Waals surface area contributed by atoms with Gasteiger partial charge in [0.1, 0.15) is 11.3 Å². The van der Waals surface area contributed by atoms with E-state index < -0.39 is 11.7 Å². The number of nitrogens with zero attached hydrogens (tertiary/aromatic N) is 4. The highest BCUT2D eigenvalue weighted by Crippen LogP contribution is 2.35. The van der Waals surface area contributed by atoms with Crippen molar-refractivity contribution in [2.75, 3.05) is 12.0 Å². The summed E-state index contributed by atoms with van der Waals surface area (Å²) in [7, 11) is 1.58. The van der Waals surface area contributed by atoms with E-state index in [1.807, 2.05) is 29.2 Å². The topological polar surface area (TPSA) is 126 Å². The van der Waals surface area contributed by atoms with Gasteiger partial charge in [-0.2, -0.15) is 0 Å². The molecule has 3 aromatic carbocycles. The minimum absolute atomic E-state index is 0.0283. The zero-order valence-corrected chi connectivity index (χ0v) is 22.1. The van der Waals surface area contributed by atoms with Crippen molar-refractivity contribution in [1.82, 2.24) is 15.2 Å².